The number of rotatable bonds is 6. The molecule has 0 aromatic heterocycles. The van der Waals surface area contributed by atoms with E-state index in [-0.39, 0.29) is 36.0 Å². The van der Waals surface area contributed by atoms with Gasteiger partial charge in [0.2, 0.25) is 0 Å². The maximum absolute atomic E-state index is 10.5. The molecular weight excluding hydrogens is 231 g/mol. The third kappa shape index (κ3) is 5.44. The van der Waals surface area contributed by atoms with Gasteiger partial charge in [-0.15, -0.1) is 0 Å². The van der Waals surface area contributed by atoms with E-state index in [0.29, 0.717) is 24.5 Å². The van der Waals surface area contributed by atoms with E-state index in [2.05, 4.69) is 0 Å². The predicted molar refractivity (Wildman–Crippen MR) is 67.3 cm³/mol. The Kier molecular flexibility index (Phi) is 8.04. The third-order valence-corrected chi connectivity index (χ3v) is 2.16. The van der Waals surface area contributed by atoms with Crippen LogP contribution < -0.4 is 9.47 Å². The van der Waals surface area contributed by atoms with Crippen LogP contribution in [0.2, 0.25) is 0 Å². The Bertz CT molecular complexity index is 366. The standard InChI is InChI=1S/C12H16O4.Na.H/c1-3-16-11-8-9(5-7-12(13)14)4-6-10(11)15-2;;/h4,6,8H,3,5,7H2,1-2H3,(H,13,14);;. The maximum atomic E-state index is 10.5. The van der Waals surface area contributed by atoms with E-state index in [1.165, 1.54) is 0 Å². The number of carboxylic acids is 1. The van der Waals surface area contributed by atoms with Gasteiger partial charge in [0, 0.05) is 6.42 Å². The molecule has 17 heavy (non-hydrogen) atoms. The van der Waals surface area contributed by atoms with Crippen molar-refractivity contribution in [1.82, 2.24) is 0 Å². The van der Waals surface area contributed by atoms with Crippen molar-refractivity contribution in [2.75, 3.05) is 13.7 Å². The molecule has 0 fully saturated rings. The van der Waals surface area contributed by atoms with Crippen molar-refractivity contribution >= 4 is 35.5 Å². The van der Waals surface area contributed by atoms with Crippen LogP contribution in [0.4, 0.5) is 0 Å². The van der Waals surface area contributed by atoms with E-state index >= 15 is 0 Å². The Balaban J connectivity index is 0.00000256. The fourth-order valence-electron chi connectivity index (χ4n) is 1.40. The van der Waals surface area contributed by atoms with Crippen molar-refractivity contribution in [2.24, 2.45) is 0 Å². The number of hydrogen-bond donors (Lipinski definition) is 1. The van der Waals surface area contributed by atoms with Gasteiger partial charge < -0.3 is 14.6 Å². The van der Waals surface area contributed by atoms with Gasteiger partial charge >= 0.3 is 35.5 Å². The molecule has 5 heteroatoms. The number of methoxy groups -OCH3 is 1. The Hall–Kier alpha value is -0.710. The second-order valence-electron chi connectivity index (χ2n) is 3.31. The van der Waals surface area contributed by atoms with Crippen LogP contribution in [0, 0.1) is 0 Å². The van der Waals surface area contributed by atoms with Gasteiger partial charge in [-0.3, -0.25) is 4.79 Å². The first-order chi connectivity index (χ1) is 7.67. The molecule has 0 unspecified atom stereocenters. The first-order valence-electron chi connectivity index (χ1n) is 5.19. The molecule has 1 N–H and O–H groups in total. The molecule has 1 aromatic rings. The van der Waals surface area contributed by atoms with Gasteiger partial charge in [0.15, 0.2) is 11.5 Å². The number of benzene rings is 1. The quantitative estimate of drug-likeness (QED) is 0.774. The van der Waals surface area contributed by atoms with Gasteiger partial charge in [-0.2, -0.15) is 0 Å². The van der Waals surface area contributed by atoms with Crippen molar-refractivity contribution in [2.45, 2.75) is 19.8 Å². The number of hydrogen-bond acceptors (Lipinski definition) is 3. The van der Waals surface area contributed by atoms with E-state index in [9.17, 15) is 4.79 Å². The molecule has 0 saturated carbocycles. The molecule has 0 heterocycles. The van der Waals surface area contributed by atoms with Gasteiger partial charge in [-0.25, -0.2) is 0 Å². The molecule has 0 aliphatic heterocycles. The summed E-state index contributed by atoms with van der Waals surface area (Å²) in [6, 6.07) is 5.47. The molecule has 0 amide bonds. The van der Waals surface area contributed by atoms with Gasteiger partial charge in [0.1, 0.15) is 0 Å². The van der Waals surface area contributed by atoms with Crippen LogP contribution in [0.25, 0.3) is 0 Å². The number of ether oxygens (including phenoxy) is 2. The third-order valence-electron chi connectivity index (χ3n) is 2.16. The van der Waals surface area contributed by atoms with Gasteiger partial charge in [0.25, 0.3) is 0 Å². The molecule has 0 spiro atoms. The van der Waals surface area contributed by atoms with Crippen LogP contribution >= 0.6 is 0 Å². The van der Waals surface area contributed by atoms with Crippen LogP contribution in [-0.2, 0) is 11.2 Å². The Morgan fingerprint density at radius 2 is 2.06 bits per heavy atom. The van der Waals surface area contributed by atoms with Crippen molar-refractivity contribution in [3.05, 3.63) is 23.8 Å². The van der Waals surface area contributed by atoms with Crippen LogP contribution in [0.15, 0.2) is 18.2 Å². The zero-order chi connectivity index (χ0) is 12.0. The summed E-state index contributed by atoms with van der Waals surface area (Å²) in [5.41, 5.74) is 0.937. The van der Waals surface area contributed by atoms with E-state index < -0.39 is 5.97 Å². The summed E-state index contributed by atoms with van der Waals surface area (Å²) in [4.78, 5) is 10.5. The van der Waals surface area contributed by atoms with E-state index in [0.717, 1.165) is 5.56 Å². The van der Waals surface area contributed by atoms with Crippen LogP contribution in [0.3, 0.4) is 0 Å². The summed E-state index contributed by atoms with van der Waals surface area (Å²) in [5, 5.41) is 8.59. The average Bonchev–Trinajstić information content (AvgIpc) is 2.27. The molecule has 4 nitrogen and oxygen atoms in total. The van der Waals surface area contributed by atoms with Crippen LogP contribution in [-0.4, -0.2) is 54.3 Å². The molecule has 0 aliphatic rings. The summed E-state index contributed by atoms with van der Waals surface area (Å²) in [7, 11) is 1.58. The summed E-state index contributed by atoms with van der Waals surface area (Å²) >= 11 is 0. The second kappa shape index (κ2) is 8.39. The summed E-state index contributed by atoms with van der Waals surface area (Å²) in [6.45, 7) is 2.45. The Morgan fingerprint density at radius 1 is 1.35 bits per heavy atom. The number of aryl methyl sites for hydroxylation is 1. The summed E-state index contributed by atoms with van der Waals surface area (Å²) in [6.07, 6.45) is 0.622. The van der Waals surface area contributed by atoms with Gasteiger partial charge in [-0.05, 0) is 31.0 Å². The van der Waals surface area contributed by atoms with Crippen molar-refractivity contribution < 1.29 is 19.4 Å². The van der Waals surface area contributed by atoms with Gasteiger partial charge in [-0.1, -0.05) is 6.07 Å². The minimum atomic E-state index is -0.797. The topological polar surface area (TPSA) is 55.8 Å². The van der Waals surface area contributed by atoms with E-state index in [1.807, 2.05) is 19.1 Å². The number of carbonyl (C=O) groups is 1. The molecule has 0 radical (unpaired) electrons. The molecule has 0 atom stereocenters. The second-order valence-corrected chi connectivity index (χ2v) is 3.31. The van der Waals surface area contributed by atoms with Crippen LogP contribution in [0.5, 0.6) is 11.5 Å². The minimum absolute atomic E-state index is 0. The zero-order valence-electron chi connectivity index (χ0n) is 9.53. The fraction of sp³-hybridized carbons (Fsp3) is 0.417. The van der Waals surface area contributed by atoms with E-state index in [1.54, 1.807) is 13.2 Å². The molecule has 90 valence electrons. The number of aliphatic carboxylic acids is 1. The van der Waals surface area contributed by atoms with E-state index in [4.69, 9.17) is 14.6 Å². The Labute approximate surface area is 123 Å². The van der Waals surface area contributed by atoms with Gasteiger partial charge in [0.05, 0.1) is 13.7 Å². The van der Waals surface area contributed by atoms with Crippen molar-refractivity contribution in [3.8, 4) is 11.5 Å². The van der Waals surface area contributed by atoms with Crippen molar-refractivity contribution in [1.29, 1.82) is 0 Å². The molecule has 0 saturated heterocycles. The summed E-state index contributed by atoms with van der Waals surface area (Å²) in [5.74, 6) is 0.530. The molecule has 0 bridgehead atoms. The van der Waals surface area contributed by atoms with Crippen LogP contribution in [0.1, 0.15) is 18.9 Å². The first-order valence-corrected chi connectivity index (χ1v) is 5.19. The summed E-state index contributed by atoms with van der Waals surface area (Å²) < 4.78 is 10.5. The monoisotopic (exact) mass is 248 g/mol. The molecule has 1 aromatic carbocycles. The Morgan fingerprint density at radius 3 is 2.59 bits per heavy atom. The average molecular weight is 248 g/mol. The zero-order valence-corrected chi connectivity index (χ0v) is 9.53. The normalized spacial score (nSPS) is 9.29. The van der Waals surface area contributed by atoms with Crippen molar-refractivity contribution in [3.63, 3.8) is 0 Å². The fourth-order valence-corrected chi connectivity index (χ4v) is 1.40. The molecule has 1 rings (SSSR count). The SMILES string of the molecule is CCOc1cc(CCC(=O)O)ccc1OC.[NaH]. The first kappa shape index (κ1) is 16.3. The molecule has 0 aliphatic carbocycles. The number of carboxylic acid groups (broad SMARTS) is 1. The molecular formula is C12H17NaO4. The predicted octanol–water partition coefficient (Wildman–Crippen LogP) is 1.46.